The lowest BCUT2D eigenvalue weighted by Gasteiger charge is -2.39. The molecule has 104 valence electrons. The third-order valence-electron chi connectivity index (χ3n) is 3.85. The van der Waals surface area contributed by atoms with Crippen LogP contribution in [0.4, 0.5) is 0 Å². The van der Waals surface area contributed by atoms with Gasteiger partial charge in [-0.05, 0) is 17.2 Å². The lowest BCUT2D eigenvalue weighted by molar-refractivity contribution is 0.182. The van der Waals surface area contributed by atoms with E-state index in [9.17, 15) is 0 Å². The predicted octanol–water partition coefficient (Wildman–Crippen LogP) is 4.03. The van der Waals surface area contributed by atoms with Crippen LogP contribution in [0.2, 0.25) is 5.15 Å². The van der Waals surface area contributed by atoms with Crippen LogP contribution in [0.25, 0.3) is 0 Å². The number of aromatic nitrogens is 1. The zero-order valence-corrected chi connectivity index (χ0v) is 12.7. The topological polar surface area (TPSA) is 16.1 Å². The molecular weight excluding hydrogens is 268 g/mol. The smallest absolute Gasteiger partial charge is 0.129 e. The molecule has 1 aromatic heterocycles. The monoisotopic (exact) mass is 286 g/mol. The number of rotatable bonds is 2. The largest absolute Gasteiger partial charge is 0.294 e. The summed E-state index contributed by atoms with van der Waals surface area (Å²) in [7, 11) is 0. The quantitative estimate of drug-likeness (QED) is 0.775. The molecule has 1 aromatic carbocycles. The minimum absolute atomic E-state index is 0.0350. The third-order valence-corrected chi connectivity index (χ3v) is 4.06. The molecule has 0 fully saturated rings. The van der Waals surface area contributed by atoms with Crippen LogP contribution in [0.1, 0.15) is 30.7 Å². The molecule has 20 heavy (non-hydrogen) atoms. The molecule has 0 unspecified atom stereocenters. The Bertz CT molecular complexity index is 608. The maximum atomic E-state index is 6.05. The highest BCUT2D eigenvalue weighted by molar-refractivity contribution is 6.29. The van der Waals surface area contributed by atoms with E-state index in [0.717, 1.165) is 25.3 Å². The fraction of sp³-hybridized carbons (Fsp3) is 0.353. The van der Waals surface area contributed by atoms with Gasteiger partial charge in [-0.15, -0.1) is 0 Å². The minimum atomic E-state index is 0.0350. The molecule has 0 saturated carbocycles. The van der Waals surface area contributed by atoms with Crippen LogP contribution < -0.4 is 0 Å². The summed E-state index contributed by atoms with van der Waals surface area (Å²) in [5, 5.41) is 0.591. The molecule has 0 saturated heterocycles. The summed E-state index contributed by atoms with van der Waals surface area (Å²) in [5.41, 5.74) is 3.83. The Morgan fingerprint density at radius 3 is 2.65 bits per heavy atom. The molecule has 0 aliphatic carbocycles. The lowest BCUT2D eigenvalue weighted by Crippen LogP contribution is -2.42. The van der Waals surface area contributed by atoms with E-state index in [1.54, 1.807) is 0 Å². The van der Waals surface area contributed by atoms with Gasteiger partial charge < -0.3 is 0 Å². The van der Waals surface area contributed by atoms with Gasteiger partial charge in [-0.2, -0.15) is 0 Å². The van der Waals surface area contributed by atoms with Gasteiger partial charge in [-0.25, -0.2) is 4.98 Å². The standard InChI is InChI=1S/C17H19ClN2/c1-17(2)12-20(10-13-6-4-3-5-7-13)11-14-8-9-15(18)19-16(14)17/h3-9H,10-12H2,1-2H3. The summed E-state index contributed by atoms with van der Waals surface area (Å²) in [6.45, 7) is 7.41. The van der Waals surface area contributed by atoms with E-state index in [2.05, 4.69) is 60.1 Å². The molecule has 0 amide bonds. The van der Waals surface area contributed by atoms with E-state index in [-0.39, 0.29) is 5.41 Å². The van der Waals surface area contributed by atoms with Crippen molar-refractivity contribution >= 4 is 11.6 Å². The average Bonchev–Trinajstić information content (AvgIpc) is 2.40. The number of nitrogens with zero attached hydrogens (tertiary/aromatic N) is 2. The summed E-state index contributed by atoms with van der Waals surface area (Å²) in [6.07, 6.45) is 0. The predicted molar refractivity (Wildman–Crippen MR) is 82.8 cm³/mol. The number of hydrogen-bond donors (Lipinski definition) is 0. The summed E-state index contributed by atoms with van der Waals surface area (Å²) >= 11 is 6.05. The van der Waals surface area contributed by atoms with Crippen molar-refractivity contribution in [1.82, 2.24) is 9.88 Å². The molecule has 0 radical (unpaired) electrons. The maximum Gasteiger partial charge on any atom is 0.129 e. The molecule has 0 N–H and O–H groups in total. The van der Waals surface area contributed by atoms with Crippen molar-refractivity contribution in [3.8, 4) is 0 Å². The molecule has 1 aliphatic heterocycles. The number of hydrogen-bond acceptors (Lipinski definition) is 2. The van der Waals surface area contributed by atoms with Crippen LogP contribution in [0, 0.1) is 0 Å². The average molecular weight is 287 g/mol. The summed E-state index contributed by atoms with van der Waals surface area (Å²) in [6, 6.07) is 14.6. The van der Waals surface area contributed by atoms with Crippen LogP contribution in [0.15, 0.2) is 42.5 Å². The van der Waals surface area contributed by atoms with E-state index in [1.807, 2.05) is 6.07 Å². The Hall–Kier alpha value is -1.38. The second-order valence-corrected chi connectivity index (χ2v) is 6.54. The zero-order valence-electron chi connectivity index (χ0n) is 11.9. The Morgan fingerprint density at radius 1 is 1.15 bits per heavy atom. The first-order chi connectivity index (χ1) is 9.54. The van der Waals surface area contributed by atoms with Crippen LogP contribution in [-0.4, -0.2) is 16.4 Å². The summed E-state index contributed by atoms with van der Waals surface area (Å²) < 4.78 is 0. The molecular formula is C17H19ClN2. The van der Waals surface area contributed by atoms with Crippen molar-refractivity contribution in [1.29, 1.82) is 0 Å². The Labute approximate surface area is 125 Å². The lowest BCUT2D eigenvalue weighted by atomic mass is 9.82. The van der Waals surface area contributed by atoms with Crippen LogP contribution in [0.3, 0.4) is 0 Å². The molecule has 0 bridgehead atoms. The highest BCUT2D eigenvalue weighted by Gasteiger charge is 2.33. The second-order valence-electron chi connectivity index (χ2n) is 6.16. The van der Waals surface area contributed by atoms with Gasteiger partial charge in [0, 0.05) is 25.0 Å². The van der Waals surface area contributed by atoms with E-state index < -0.39 is 0 Å². The first-order valence-electron chi connectivity index (χ1n) is 6.97. The van der Waals surface area contributed by atoms with Crippen LogP contribution >= 0.6 is 11.6 Å². The summed E-state index contributed by atoms with van der Waals surface area (Å²) in [5.74, 6) is 0. The van der Waals surface area contributed by atoms with Crippen molar-refractivity contribution < 1.29 is 0 Å². The molecule has 2 nitrogen and oxygen atoms in total. The van der Waals surface area contributed by atoms with Crippen molar-refractivity contribution in [2.24, 2.45) is 0 Å². The minimum Gasteiger partial charge on any atom is -0.294 e. The Balaban J connectivity index is 1.86. The molecule has 3 heteroatoms. The first-order valence-corrected chi connectivity index (χ1v) is 7.34. The third kappa shape index (κ3) is 2.72. The van der Waals surface area contributed by atoms with E-state index in [4.69, 9.17) is 11.6 Å². The molecule has 0 atom stereocenters. The number of fused-ring (bicyclic) bond motifs is 1. The Kier molecular flexibility index (Phi) is 3.53. The van der Waals surface area contributed by atoms with Gasteiger partial charge in [0.15, 0.2) is 0 Å². The van der Waals surface area contributed by atoms with Crippen molar-refractivity contribution in [2.75, 3.05) is 6.54 Å². The van der Waals surface area contributed by atoms with Gasteiger partial charge in [0.1, 0.15) is 5.15 Å². The number of pyridine rings is 1. The fourth-order valence-electron chi connectivity index (χ4n) is 3.06. The normalized spacial score (nSPS) is 17.8. The molecule has 2 heterocycles. The fourth-order valence-corrected chi connectivity index (χ4v) is 3.21. The molecule has 3 rings (SSSR count). The van der Waals surface area contributed by atoms with Gasteiger partial charge in [-0.3, -0.25) is 4.90 Å². The van der Waals surface area contributed by atoms with Gasteiger partial charge >= 0.3 is 0 Å². The zero-order chi connectivity index (χ0) is 14.2. The Morgan fingerprint density at radius 2 is 1.90 bits per heavy atom. The van der Waals surface area contributed by atoms with E-state index in [0.29, 0.717) is 5.15 Å². The van der Waals surface area contributed by atoms with E-state index >= 15 is 0 Å². The SMILES string of the molecule is CC1(C)CN(Cc2ccccc2)Cc2ccc(Cl)nc21. The van der Waals surface area contributed by atoms with Crippen molar-refractivity contribution in [3.63, 3.8) is 0 Å². The number of benzene rings is 1. The molecule has 1 aliphatic rings. The highest BCUT2D eigenvalue weighted by atomic mass is 35.5. The van der Waals surface area contributed by atoms with E-state index in [1.165, 1.54) is 11.1 Å². The van der Waals surface area contributed by atoms with Crippen LogP contribution in [0.5, 0.6) is 0 Å². The summed E-state index contributed by atoms with van der Waals surface area (Å²) in [4.78, 5) is 7.03. The first kappa shape index (κ1) is 13.6. The van der Waals surface area contributed by atoms with Gasteiger partial charge in [-0.1, -0.05) is 61.8 Å². The van der Waals surface area contributed by atoms with Crippen molar-refractivity contribution in [2.45, 2.75) is 32.4 Å². The highest BCUT2D eigenvalue weighted by Crippen LogP contribution is 2.33. The molecule has 0 spiro atoms. The van der Waals surface area contributed by atoms with Gasteiger partial charge in [0.05, 0.1) is 5.69 Å². The number of halogens is 1. The van der Waals surface area contributed by atoms with Gasteiger partial charge in [0.2, 0.25) is 0 Å². The maximum absolute atomic E-state index is 6.05. The van der Waals surface area contributed by atoms with Gasteiger partial charge in [0.25, 0.3) is 0 Å². The molecule has 2 aromatic rings. The second kappa shape index (κ2) is 5.19. The van der Waals surface area contributed by atoms with Crippen molar-refractivity contribution in [3.05, 3.63) is 64.4 Å². The van der Waals surface area contributed by atoms with Crippen LogP contribution in [-0.2, 0) is 18.5 Å².